The SMILES string of the molecule is CCOC(=O)CCc1cc2c(C)cc(=O)oc2cc1OC. The maximum atomic E-state index is 11.5. The lowest BCUT2D eigenvalue weighted by Crippen LogP contribution is -2.06. The summed E-state index contributed by atoms with van der Waals surface area (Å²) in [5, 5.41) is 0.842. The molecule has 0 amide bonds. The highest BCUT2D eigenvalue weighted by Gasteiger charge is 2.12. The Hall–Kier alpha value is -2.30. The zero-order valence-electron chi connectivity index (χ0n) is 12.4. The molecule has 0 fully saturated rings. The smallest absolute Gasteiger partial charge is 0.336 e. The third kappa shape index (κ3) is 3.42. The van der Waals surface area contributed by atoms with Gasteiger partial charge in [-0.2, -0.15) is 0 Å². The van der Waals surface area contributed by atoms with Crippen molar-refractivity contribution in [3.8, 4) is 5.75 Å². The van der Waals surface area contributed by atoms with Crippen molar-refractivity contribution in [2.24, 2.45) is 0 Å². The zero-order valence-corrected chi connectivity index (χ0v) is 12.4. The standard InChI is InChI=1S/C16H18O5/c1-4-20-15(17)6-5-11-8-12-10(2)7-16(18)21-14(12)9-13(11)19-3/h7-9H,4-6H2,1-3H3. The van der Waals surface area contributed by atoms with E-state index in [4.69, 9.17) is 13.9 Å². The number of hydrogen-bond acceptors (Lipinski definition) is 5. The largest absolute Gasteiger partial charge is 0.496 e. The second-order valence-electron chi connectivity index (χ2n) is 4.71. The number of benzene rings is 1. The number of methoxy groups -OCH3 is 1. The van der Waals surface area contributed by atoms with Gasteiger partial charge in [-0.15, -0.1) is 0 Å². The van der Waals surface area contributed by atoms with Crippen molar-refractivity contribution in [1.29, 1.82) is 0 Å². The molecule has 5 heteroatoms. The average Bonchev–Trinajstić information content (AvgIpc) is 2.44. The van der Waals surface area contributed by atoms with Crippen molar-refractivity contribution in [2.45, 2.75) is 26.7 Å². The summed E-state index contributed by atoms with van der Waals surface area (Å²) in [4.78, 5) is 22.9. The Labute approximate surface area is 122 Å². The molecule has 0 unspecified atom stereocenters. The first-order valence-electron chi connectivity index (χ1n) is 6.82. The Morgan fingerprint density at radius 3 is 2.71 bits per heavy atom. The summed E-state index contributed by atoms with van der Waals surface area (Å²) < 4.78 is 15.4. The van der Waals surface area contributed by atoms with Gasteiger partial charge in [-0.3, -0.25) is 4.79 Å². The number of carbonyl (C=O) groups is 1. The Morgan fingerprint density at radius 1 is 1.29 bits per heavy atom. The summed E-state index contributed by atoms with van der Waals surface area (Å²) in [6.07, 6.45) is 0.794. The molecule has 21 heavy (non-hydrogen) atoms. The van der Waals surface area contributed by atoms with E-state index in [0.717, 1.165) is 16.5 Å². The summed E-state index contributed by atoms with van der Waals surface area (Å²) in [5.74, 6) is 0.358. The summed E-state index contributed by atoms with van der Waals surface area (Å²) >= 11 is 0. The number of ether oxygens (including phenoxy) is 2. The minimum absolute atomic E-state index is 0.240. The quantitative estimate of drug-likeness (QED) is 0.625. The van der Waals surface area contributed by atoms with Crippen LogP contribution in [0.15, 0.2) is 27.4 Å². The van der Waals surface area contributed by atoms with Crippen LogP contribution in [0.25, 0.3) is 11.0 Å². The molecule has 5 nitrogen and oxygen atoms in total. The Kier molecular flexibility index (Phi) is 4.62. The number of esters is 1. The summed E-state index contributed by atoms with van der Waals surface area (Å²) in [7, 11) is 1.54. The molecule has 0 aliphatic rings. The Balaban J connectivity index is 2.38. The highest BCUT2D eigenvalue weighted by atomic mass is 16.5. The van der Waals surface area contributed by atoms with Crippen molar-refractivity contribution >= 4 is 16.9 Å². The van der Waals surface area contributed by atoms with Crippen LogP contribution in [0.4, 0.5) is 0 Å². The van der Waals surface area contributed by atoms with Gasteiger partial charge >= 0.3 is 11.6 Å². The molecule has 0 saturated carbocycles. The highest BCUT2D eigenvalue weighted by molar-refractivity contribution is 5.83. The van der Waals surface area contributed by atoms with Crippen molar-refractivity contribution in [1.82, 2.24) is 0 Å². The molecule has 0 spiro atoms. The van der Waals surface area contributed by atoms with Gasteiger partial charge < -0.3 is 13.9 Å². The summed E-state index contributed by atoms with van der Waals surface area (Å²) in [5.41, 5.74) is 1.81. The fourth-order valence-corrected chi connectivity index (χ4v) is 2.25. The van der Waals surface area contributed by atoms with E-state index in [1.165, 1.54) is 6.07 Å². The van der Waals surface area contributed by atoms with Crippen LogP contribution in [0.1, 0.15) is 24.5 Å². The number of rotatable bonds is 5. The third-order valence-corrected chi connectivity index (χ3v) is 3.26. The van der Waals surface area contributed by atoms with Gasteiger partial charge in [0.25, 0.3) is 0 Å². The van der Waals surface area contributed by atoms with E-state index in [-0.39, 0.29) is 18.0 Å². The normalized spacial score (nSPS) is 10.6. The minimum atomic E-state index is -0.388. The fourth-order valence-electron chi connectivity index (χ4n) is 2.25. The molecule has 0 saturated heterocycles. The second-order valence-corrected chi connectivity index (χ2v) is 4.71. The van der Waals surface area contributed by atoms with E-state index >= 15 is 0 Å². The minimum Gasteiger partial charge on any atom is -0.496 e. The fraction of sp³-hybridized carbons (Fsp3) is 0.375. The van der Waals surface area contributed by atoms with Crippen molar-refractivity contribution < 1.29 is 18.7 Å². The molecule has 1 aromatic heterocycles. The molecule has 0 atom stereocenters. The lowest BCUT2D eigenvalue weighted by molar-refractivity contribution is -0.143. The number of carbonyl (C=O) groups excluding carboxylic acids is 1. The third-order valence-electron chi connectivity index (χ3n) is 3.26. The number of hydrogen-bond donors (Lipinski definition) is 0. The predicted molar refractivity (Wildman–Crippen MR) is 78.7 cm³/mol. The second kappa shape index (κ2) is 6.43. The van der Waals surface area contributed by atoms with Crippen LogP contribution < -0.4 is 10.4 Å². The highest BCUT2D eigenvalue weighted by Crippen LogP contribution is 2.28. The number of aryl methyl sites for hydroxylation is 2. The molecule has 0 aliphatic carbocycles. The van der Waals surface area contributed by atoms with Crippen LogP contribution in [0, 0.1) is 6.92 Å². The van der Waals surface area contributed by atoms with Gasteiger partial charge in [0, 0.05) is 23.9 Å². The van der Waals surface area contributed by atoms with Gasteiger partial charge in [-0.25, -0.2) is 4.79 Å². The molecule has 0 N–H and O–H groups in total. The molecule has 0 radical (unpaired) electrons. The van der Waals surface area contributed by atoms with E-state index in [0.29, 0.717) is 24.4 Å². The molecule has 0 aliphatic heterocycles. The summed E-state index contributed by atoms with van der Waals surface area (Å²) in [6.45, 7) is 4.00. The van der Waals surface area contributed by atoms with Gasteiger partial charge in [0.1, 0.15) is 11.3 Å². The first kappa shape index (κ1) is 15.1. The Bertz CT molecular complexity index is 714. The van der Waals surface area contributed by atoms with Crippen LogP contribution in [-0.4, -0.2) is 19.7 Å². The summed E-state index contributed by atoms with van der Waals surface area (Å²) in [6, 6.07) is 5.03. The predicted octanol–water partition coefficient (Wildman–Crippen LogP) is 2.61. The van der Waals surface area contributed by atoms with Gasteiger partial charge in [0.05, 0.1) is 13.7 Å². The molecule has 2 rings (SSSR count). The zero-order chi connectivity index (χ0) is 15.4. The molecule has 1 aromatic carbocycles. The molecular weight excluding hydrogens is 272 g/mol. The molecule has 1 heterocycles. The van der Waals surface area contributed by atoms with E-state index in [9.17, 15) is 9.59 Å². The van der Waals surface area contributed by atoms with Gasteiger partial charge in [0.2, 0.25) is 0 Å². The van der Waals surface area contributed by atoms with E-state index in [1.807, 2.05) is 13.0 Å². The monoisotopic (exact) mass is 290 g/mol. The first-order valence-corrected chi connectivity index (χ1v) is 6.82. The van der Waals surface area contributed by atoms with E-state index in [1.54, 1.807) is 20.1 Å². The number of fused-ring (bicyclic) bond motifs is 1. The topological polar surface area (TPSA) is 65.7 Å². The maximum Gasteiger partial charge on any atom is 0.336 e. The van der Waals surface area contributed by atoms with Crippen molar-refractivity contribution in [3.05, 3.63) is 39.7 Å². The van der Waals surface area contributed by atoms with Crippen LogP contribution >= 0.6 is 0 Å². The Morgan fingerprint density at radius 2 is 2.05 bits per heavy atom. The lowest BCUT2D eigenvalue weighted by atomic mass is 10.0. The average molecular weight is 290 g/mol. The molecule has 0 bridgehead atoms. The van der Waals surface area contributed by atoms with E-state index in [2.05, 4.69) is 0 Å². The maximum absolute atomic E-state index is 11.5. The molecule has 112 valence electrons. The molecular formula is C16H18O5. The van der Waals surface area contributed by atoms with Crippen LogP contribution in [0.3, 0.4) is 0 Å². The van der Waals surface area contributed by atoms with Crippen LogP contribution in [0.2, 0.25) is 0 Å². The van der Waals surface area contributed by atoms with Gasteiger partial charge in [-0.05, 0) is 37.5 Å². The van der Waals surface area contributed by atoms with Crippen molar-refractivity contribution in [3.63, 3.8) is 0 Å². The van der Waals surface area contributed by atoms with Gasteiger partial charge in [0.15, 0.2) is 0 Å². The van der Waals surface area contributed by atoms with Gasteiger partial charge in [-0.1, -0.05) is 0 Å². The van der Waals surface area contributed by atoms with Crippen molar-refractivity contribution in [2.75, 3.05) is 13.7 Å². The van der Waals surface area contributed by atoms with Crippen LogP contribution in [0.5, 0.6) is 5.75 Å². The van der Waals surface area contributed by atoms with E-state index < -0.39 is 0 Å². The lowest BCUT2D eigenvalue weighted by Gasteiger charge is -2.10. The molecule has 2 aromatic rings. The van der Waals surface area contributed by atoms with Crippen LogP contribution in [-0.2, 0) is 16.0 Å². The first-order chi connectivity index (χ1) is 10.0.